The fraction of sp³-hybridized carbons (Fsp3) is 0.500. The van der Waals surface area contributed by atoms with Gasteiger partial charge in [-0.3, -0.25) is 14.4 Å². The Labute approximate surface area is 189 Å². The summed E-state index contributed by atoms with van der Waals surface area (Å²) in [4.78, 5) is 22.3. The predicted octanol–water partition coefficient (Wildman–Crippen LogP) is 5.10. The molecule has 0 atom stereocenters. The van der Waals surface area contributed by atoms with Crippen LogP contribution in [0.2, 0.25) is 0 Å². The molecule has 0 saturated heterocycles. The first-order chi connectivity index (χ1) is 13.8. The Bertz CT molecular complexity index is 993. The van der Waals surface area contributed by atoms with Gasteiger partial charge in [-0.25, -0.2) is 4.98 Å². The largest absolute Gasteiger partial charge is 0.302 e. The van der Waals surface area contributed by atoms with E-state index in [-0.39, 0.29) is 24.4 Å². The van der Waals surface area contributed by atoms with E-state index in [4.69, 9.17) is 4.98 Å². The molecule has 0 aliphatic heterocycles. The number of anilines is 1. The van der Waals surface area contributed by atoms with E-state index in [0.717, 1.165) is 35.0 Å². The minimum atomic E-state index is -0.0926. The van der Waals surface area contributed by atoms with Gasteiger partial charge in [0.2, 0.25) is 0 Å². The summed E-state index contributed by atoms with van der Waals surface area (Å²) in [5, 5.41) is 5.24. The number of rotatable bonds is 8. The van der Waals surface area contributed by atoms with Crippen LogP contribution in [-0.4, -0.2) is 51.8 Å². The molecule has 8 heteroatoms. The summed E-state index contributed by atoms with van der Waals surface area (Å²) < 4.78 is 2.96. The molecular formula is C22H32ClN5OS. The fourth-order valence-electron chi connectivity index (χ4n) is 3.42. The molecule has 3 aromatic rings. The summed E-state index contributed by atoms with van der Waals surface area (Å²) >= 11 is 1.58. The highest BCUT2D eigenvalue weighted by molar-refractivity contribution is 7.22. The molecular weight excluding hydrogens is 418 g/mol. The van der Waals surface area contributed by atoms with Gasteiger partial charge in [-0.05, 0) is 64.0 Å². The van der Waals surface area contributed by atoms with Gasteiger partial charge in [-0.1, -0.05) is 31.3 Å². The van der Waals surface area contributed by atoms with E-state index in [9.17, 15) is 4.79 Å². The van der Waals surface area contributed by atoms with Crippen molar-refractivity contribution in [2.24, 2.45) is 0 Å². The zero-order valence-electron chi connectivity index (χ0n) is 18.7. The van der Waals surface area contributed by atoms with Crippen LogP contribution in [0.25, 0.3) is 10.2 Å². The molecule has 0 unspecified atom stereocenters. The third-order valence-electron chi connectivity index (χ3n) is 5.18. The standard InChI is InChI=1S/C22H31N5OS.ClH/c1-7-25(8-2)11-12-26(21(28)18-9-10-27(24-18)15(3)4)22-23-19-14-16(5)13-17(6)20(19)29-22;/h9-10,13-15H,7-8,11-12H2,1-6H3;1H. The van der Waals surface area contributed by atoms with Crippen molar-refractivity contribution in [3.05, 3.63) is 41.2 Å². The lowest BCUT2D eigenvalue weighted by molar-refractivity contribution is 0.0978. The molecule has 30 heavy (non-hydrogen) atoms. The van der Waals surface area contributed by atoms with Crippen LogP contribution >= 0.6 is 23.7 Å². The number of nitrogens with zero attached hydrogens (tertiary/aromatic N) is 5. The van der Waals surface area contributed by atoms with Crippen LogP contribution in [0.15, 0.2) is 24.4 Å². The lowest BCUT2D eigenvalue weighted by Gasteiger charge is -2.24. The molecule has 0 radical (unpaired) electrons. The number of amides is 1. The van der Waals surface area contributed by atoms with E-state index in [2.05, 4.69) is 63.7 Å². The summed E-state index contributed by atoms with van der Waals surface area (Å²) in [6.45, 7) is 15.9. The van der Waals surface area contributed by atoms with E-state index in [1.807, 2.05) is 10.9 Å². The molecule has 6 nitrogen and oxygen atoms in total. The van der Waals surface area contributed by atoms with E-state index >= 15 is 0 Å². The number of hydrogen-bond donors (Lipinski definition) is 0. The van der Waals surface area contributed by atoms with Crippen molar-refractivity contribution in [3.8, 4) is 0 Å². The average Bonchev–Trinajstić information content (AvgIpc) is 3.32. The van der Waals surface area contributed by atoms with Crippen molar-refractivity contribution in [3.63, 3.8) is 0 Å². The molecule has 1 amide bonds. The highest BCUT2D eigenvalue weighted by Gasteiger charge is 2.24. The molecule has 0 aliphatic rings. The zero-order valence-corrected chi connectivity index (χ0v) is 20.3. The van der Waals surface area contributed by atoms with Crippen molar-refractivity contribution < 1.29 is 4.79 Å². The molecule has 0 saturated carbocycles. The van der Waals surface area contributed by atoms with Gasteiger partial charge in [0.15, 0.2) is 10.8 Å². The molecule has 2 aromatic heterocycles. The molecule has 1 aromatic carbocycles. The summed E-state index contributed by atoms with van der Waals surface area (Å²) in [7, 11) is 0. The van der Waals surface area contributed by atoms with Gasteiger partial charge in [0.1, 0.15) is 0 Å². The van der Waals surface area contributed by atoms with E-state index < -0.39 is 0 Å². The molecule has 0 fully saturated rings. The van der Waals surface area contributed by atoms with Crippen molar-refractivity contribution >= 4 is 45.0 Å². The number of likely N-dealkylation sites (N-methyl/N-ethyl adjacent to an activating group) is 1. The Morgan fingerprint density at radius 2 is 1.87 bits per heavy atom. The number of fused-ring (bicyclic) bond motifs is 1. The highest BCUT2D eigenvalue weighted by atomic mass is 35.5. The Balaban J connectivity index is 0.00000320. The maximum absolute atomic E-state index is 13.4. The van der Waals surface area contributed by atoms with Crippen LogP contribution in [-0.2, 0) is 0 Å². The van der Waals surface area contributed by atoms with Gasteiger partial charge < -0.3 is 4.90 Å². The van der Waals surface area contributed by atoms with Gasteiger partial charge in [-0.2, -0.15) is 5.10 Å². The molecule has 0 bridgehead atoms. The first-order valence-corrected chi connectivity index (χ1v) is 11.1. The maximum Gasteiger partial charge on any atom is 0.280 e. The van der Waals surface area contributed by atoms with Crippen LogP contribution in [0, 0.1) is 13.8 Å². The number of thiazole rings is 1. The second-order valence-corrected chi connectivity index (χ2v) is 8.66. The first kappa shape index (κ1) is 24.3. The SMILES string of the molecule is CCN(CC)CCN(C(=O)c1ccn(C(C)C)n1)c1nc2cc(C)cc(C)c2s1.Cl. The predicted molar refractivity (Wildman–Crippen MR) is 128 cm³/mol. The smallest absolute Gasteiger partial charge is 0.280 e. The highest BCUT2D eigenvalue weighted by Crippen LogP contribution is 2.32. The Hall–Kier alpha value is -1.96. The number of carbonyl (C=O) groups excluding carboxylic acids is 1. The van der Waals surface area contributed by atoms with Gasteiger partial charge in [0, 0.05) is 25.3 Å². The van der Waals surface area contributed by atoms with E-state index in [0.29, 0.717) is 12.2 Å². The average molecular weight is 450 g/mol. The number of aromatic nitrogens is 3. The number of aryl methyl sites for hydroxylation is 2. The van der Waals surface area contributed by atoms with Crippen LogP contribution in [0.5, 0.6) is 0 Å². The quantitative estimate of drug-likeness (QED) is 0.480. The van der Waals surface area contributed by atoms with Crippen molar-refractivity contribution in [1.82, 2.24) is 19.7 Å². The Morgan fingerprint density at radius 1 is 1.17 bits per heavy atom. The van der Waals surface area contributed by atoms with Gasteiger partial charge in [-0.15, -0.1) is 12.4 Å². The molecule has 0 N–H and O–H groups in total. The van der Waals surface area contributed by atoms with E-state index in [1.165, 1.54) is 11.1 Å². The maximum atomic E-state index is 13.4. The van der Waals surface area contributed by atoms with Gasteiger partial charge in [0.25, 0.3) is 5.91 Å². The zero-order chi connectivity index (χ0) is 21.1. The van der Waals surface area contributed by atoms with Crippen molar-refractivity contribution in [1.29, 1.82) is 0 Å². The Morgan fingerprint density at radius 3 is 2.47 bits per heavy atom. The normalized spacial score (nSPS) is 11.3. The van der Waals surface area contributed by atoms with Crippen LogP contribution in [0.3, 0.4) is 0 Å². The van der Waals surface area contributed by atoms with Crippen LogP contribution in [0.1, 0.15) is 55.4 Å². The third-order valence-corrected chi connectivity index (χ3v) is 6.41. The van der Waals surface area contributed by atoms with Gasteiger partial charge >= 0.3 is 0 Å². The second-order valence-electron chi connectivity index (χ2n) is 7.68. The number of benzene rings is 1. The van der Waals surface area contributed by atoms with E-state index in [1.54, 1.807) is 22.3 Å². The lowest BCUT2D eigenvalue weighted by atomic mass is 10.1. The number of carbonyl (C=O) groups is 1. The van der Waals surface area contributed by atoms with Gasteiger partial charge in [0.05, 0.1) is 10.2 Å². The minimum absolute atomic E-state index is 0. The topological polar surface area (TPSA) is 54.3 Å². The van der Waals surface area contributed by atoms with Crippen LogP contribution in [0.4, 0.5) is 5.13 Å². The van der Waals surface area contributed by atoms with Crippen LogP contribution < -0.4 is 4.90 Å². The molecule has 0 aliphatic carbocycles. The van der Waals surface area contributed by atoms with Crippen molar-refractivity contribution in [2.45, 2.75) is 47.6 Å². The lowest BCUT2D eigenvalue weighted by Crippen LogP contribution is -2.39. The molecule has 2 heterocycles. The summed E-state index contributed by atoms with van der Waals surface area (Å²) in [6, 6.07) is 6.27. The van der Waals surface area contributed by atoms with Crippen molar-refractivity contribution in [2.75, 3.05) is 31.1 Å². The fourth-order valence-corrected chi connectivity index (χ4v) is 4.46. The minimum Gasteiger partial charge on any atom is -0.302 e. The second kappa shape index (κ2) is 10.4. The summed E-state index contributed by atoms with van der Waals surface area (Å²) in [6.07, 6.45) is 1.87. The molecule has 3 rings (SSSR count). The third kappa shape index (κ3) is 5.20. The molecule has 164 valence electrons. The molecule has 0 spiro atoms. The number of hydrogen-bond acceptors (Lipinski definition) is 5. The number of halogens is 1. The monoisotopic (exact) mass is 449 g/mol. The summed E-state index contributed by atoms with van der Waals surface area (Å²) in [5.41, 5.74) is 3.80. The first-order valence-electron chi connectivity index (χ1n) is 10.3. The summed E-state index contributed by atoms with van der Waals surface area (Å²) in [5.74, 6) is -0.0926. The Kier molecular flexibility index (Phi) is 8.41.